The summed E-state index contributed by atoms with van der Waals surface area (Å²) < 4.78 is 0. The number of piperazine rings is 1. The molecule has 1 saturated heterocycles. The van der Waals surface area contributed by atoms with Crippen LogP contribution in [0.3, 0.4) is 0 Å². The summed E-state index contributed by atoms with van der Waals surface area (Å²) >= 11 is 0. The second-order valence-corrected chi connectivity index (χ2v) is 6.80. The van der Waals surface area contributed by atoms with Gasteiger partial charge in [0.2, 0.25) is 0 Å². The summed E-state index contributed by atoms with van der Waals surface area (Å²) in [6, 6.07) is 2.52. The van der Waals surface area contributed by atoms with Gasteiger partial charge in [-0.1, -0.05) is 6.92 Å². The van der Waals surface area contributed by atoms with Crippen LogP contribution in [0.2, 0.25) is 0 Å². The number of hydrogen-bond donors (Lipinski definition) is 1. The molecule has 0 unspecified atom stereocenters. The lowest BCUT2D eigenvalue weighted by Crippen LogP contribution is -3.12. The molecule has 0 bridgehead atoms. The van der Waals surface area contributed by atoms with Crippen molar-refractivity contribution >= 4 is 5.82 Å². The lowest BCUT2D eigenvalue weighted by atomic mass is 9.86. The minimum absolute atomic E-state index is 0.925. The molecule has 0 aromatic carbocycles. The van der Waals surface area contributed by atoms with E-state index in [9.17, 15) is 5.26 Å². The Morgan fingerprint density at radius 1 is 1.18 bits per heavy atom. The number of fused-ring (bicyclic) bond motifs is 1. The van der Waals surface area contributed by atoms with Crippen LogP contribution in [-0.2, 0) is 19.3 Å². The fourth-order valence-electron chi connectivity index (χ4n) is 3.87. The van der Waals surface area contributed by atoms with Gasteiger partial charge in [0.15, 0.2) is 0 Å². The van der Waals surface area contributed by atoms with Crippen molar-refractivity contribution < 1.29 is 9.88 Å². The van der Waals surface area contributed by atoms with Gasteiger partial charge >= 0.3 is 0 Å². The predicted molar refractivity (Wildman–Crippen MR) is 87.2 cm³/mol. The van der Waals surface area contributed by atoms with Gasteiger partial charge < -0.3 is 4.90 Å². The lowest BCUT2D eigenvalue weighted by Gasteiger charge is -2.28. The average molecular weight is 300 g/mol. The van der Waals surface area contributed by atoms with Crippen LogP contribution in [0.25, 0.3) is 0 Å². The zero-order valence-electron chi connectivity index (χ0n) is 14.0. The van der Waals surface area contributed by atoms with Gasteiger partial charge in [-0.15, -0.1) is 0 Å². The summed E-state index contributed by atoms with van der Waals surface area (Å²) in [7, 11) is 2.25. The number of nitrogens with one attached hydrogen (secondary N) is 2. The zero-order valence-corrected chi connectivity index (χ0v) is 14.0. The summed E-state index contributed by atoms with van der Waals surface area (Å²) in [5.41, 5.74) is 5.11. The largest absolute Gasteiger partial charge is 0.331 e. The molecule has 1 aliphatic heterocycles. The maximum atomic E-state index is 9.78. The van der Waals surface area contributed by atoms with Crippen molar-refractivity contribution in [3.05, 3.63) is 22.4 Å². The minimum atomic E-state index is 0.925. The molecular formula is C18H28N4+2. The molecule has 2 heterocycles. The zero-order chi connectivity index (χ0) is 15.5. The first kappa shape index (κ1) is 15.3. The number of aromatic amines is 1. The van der Waals surface area contributed by atoms with E-state index in [0.29, 0.717) is 0 Å². The van der Waals surface area contributed by atoms with Gasteiger partial charge in [0, 0.05) is 6.42 Å². The third-order valence-corrected chi connectivity index (χ3v) is 5.19. The molecule has 3 rings (SSSR count). The first-order chi connectivity index (χ1) is 10.7. The summed E-state index contributed by atoms with van der Waals surface area (Å²) in [6.45, 7) is 6.63. The van der Waals surface area contributed by atoms with Gasteiger partial charge in [0.05, 0.1) is 7.05 Å². The highest BCUT2D eigenvalue weighted by atomic mass is 15.3. The summed E-state index contributed by atoms with van der Waals surface area (Å²) in [5.74, 6) is 1.10. The van der Waals surface area contributed by atoms with Crippen LogP contribution in [-0.4, -0.2) is 33.2 Å². The summed E-state index contributed by atoms with van der Waals surface area (Å²) in [4.78, 5) is 7.66. The molecule has 1 fully saturated rings. The fourth-order valence-corrected chi connectivity index (χ4v) is 3.87. The molecule has 4 heteroatoms. The van der Waals surface area contributed by atoms with Gasteiger partial charge in [-0.3, -0.25) is 0 Å². The van der Waals surface area contributed by atoms with Crippen LogP contribution in [0.5, 0.6) is 0 Å². The molecule has 0 spiro atoms. The number of likely N-dealkylation sites (N-methyl/N-ethyl adjacent to an activating group) is 1. The van der Waals surface area contributed by atoms with Crippen molar-refractivity contribution in [1.29, 1.82) is 5.26 Å². The van der Waals surface area contributed by atoms with Crippen molar-refractivity contribution in [3.8, 4) is 6.07 Å². The smallest absolute Gasteiger partial charge is 0.293 e. The lowest BCUT2D eigenvalue weighted by molar-refractivity contribution is -0.880. The van der Waals surface area contributed by atoms with Crippen molar-refractivity contribution in [3.63, 3.8) is 0 Å². The van der Waals surface area contributed by atoms with E-state index in [4.69, 9.17) is 0 Å². The van der Waals surface area contributed by atoms with Crippen molar-refractivity contribution in [2.75, 3.05) is 38.1 Å². The molecule has 2 aliphatic rings. The van der Waals surface area contributed by atoms with Crippen LogP contribution >= 0.6 is 0 Å². The molecule has 1 aromatic rings. The third-order valence-electron chi connectivity index (χ3n) is 5.19. The molecule has 118 valence electrons. The maximum Gasteiger partial charge on any atom is 0.293 e. The van der Waals surface area contributed by atoms with Crippen molar-refractivity contribution in [2.24, 2.45) is 0 Å². The SMILES string of the molecule is CCCc1[nH+]c(N2CC[NH+](C)CC2)c(C#N)c2c1CCCC2. The third kappa shape index (κ3) is 2.83. The Hall–Kier alpha value is -1.60. The van der Waals surface area contributed by atoms with Gasteiger partial charge in [-0.2, -0.15) is 5.26 Å². The fraction of sp³-hybridized carbons (Fsp3) is 0.667. The number of quaternary nitrogens is 1. The first-order valence-corrected chi connectivity index (χ1v) is 8.80. The number of hydrogen-bond acceptors (Lipinski definition) is 2. The van der Waals surface area contributed by atoms with E-state index < -0.39 is 0 Å². The standard InChI is InChI=1S/C18H26N4/c1-3-6-17-15-8-5-4-7-14(15)16(13-19)18(20-17)22-11-9-21(2)10-12-22/h3-12H2,1-2H3/p+2. The van der Waals surface area contributed by atoms with Gasteiger partial charge in [0.1, 0.15) is 43.5 Å². The van der Waals surface area contributed by atoms with Crippen LogP contribution in [0, 0.1) is 11.3 Å². The van der Waals surface area contributed by atoms with Gasteiger partial charge in [0.25, 0.3) is 5.82 Å². The van der Waals surface area contributed by atoms with Gasteiger partial charge in [-0.25, -0.2) is 9.88 Å². The molecule has 0 saturated carbocycles. The number of aromatic nitrogens is 1. The van der Waals surface area contributed by atoms with Crippen LogP contribution in [0.15, 0.2) is 0 Å². The van der Waals surface area contributed by atoms with Crippen molar-refractivity contribution in [1.82, 2.24) is 0 Å². The van der Waals surface area contributed by atoms with Gasteiger partial charge in [-0.05, 0) is 43.2 Å². The second kappa shape index (κ2) is 6.66. The maximum absolute atomic E-state index is 9.78. The number of pyridine rings is 1. The Labute approximate surface area is 133 Å². The molecule has 4 nitrogen and oxygen atoms in total. The van der Waals surface area contributed by atoms with E-state index in [1.165, 1.54) is 29.7 Å². The Morgan fingerprint density at radius 2 is 1.86 bits per heavy atom. The number of anilines is 1. The normalized spacial score (nSPS) is 18.9. The van der Waals surface area contributed by atoms with Crippen LogP contribution in [0.1, 0.15) is 48.6 Å². The molecule has 2 N–H and O–H groups in total. The van der Waals surface area contributed by atoms with E-state index >= 15 is 0 Å². The number of nitrogens with zero attached hydrogens (tertiary/aromatic N) is 2. The molecular weight excluding hydrogens is 272 g/mol. The predicted octanol–water partition coefficient (Wildman–Crippen LogP) is 0.538. The molecule has 0 atom stereocenters. The monoisotopic (exact) mass is 300 g/mol. The van der Waals surface area contributed by atoms with Crippen LogP contribution < -0.4 is 14.8 Å². The Kier molecular flexibility index (Phi) is 4.63. The highest BCUT2D eigenvalue weighted by Gasteiger charge is 2.31. The van der Waals surface area contributed by atoms with E-state index in [2.05, 4.69) is 29.9 Å². The average Bonchev–Trinajstić information content (AvgIpc) is 2.55. The number of rotatable bonds is 3. The Balaban J connectivity index is 2.05. The highest BCUT2D eigenvalue weighted by Crippen LogP contribution is 2.30. The number of nitriles is 1. The Morgan fingerprint density at radius 3 is 2.50 bits per heavy atom. The molecule has 1 aliphatic carbocycles. The molecule has 0 radical (unpaired) electrons. The quantitative estimate of drug-likeness (QED) is 0.885. The number of aryl methyl sites for hydroxylation is 1. The van der Waals surface area contributed by atoms with Crippen LogP contribution in [0.4, 0.5) is 5.82 Å². The first-order valence-electron chi connectivity index (χ1n) is 8.80. The molecule has 1 aromatic heterocycles. The Bertz CT molecular complexity index is 580. The summed E-state index contributed by atoms with van der Waals surface area (Å²) in [5, 5.41) is 9.78. The number of H-pyrrole nitrogens is 1. The van der Waals surface area contributed by atoms with Crippen molar-refractivity contribution in [2.45, 2.75) is 45.4 Å². The minimum Gasteiger partial charge on any atom is -0.331 e. The second-order valence-electron chi connectivity index (χ2n) is 6.80. The molecule has 22 heavy (non-hydrogen) atoms. The van der Waals surface area contributed by atoms with E-state index in [-0.39, 0.29) is 0 Å². The topological polar surface area (TPSA) is 45.6 Å². The van der Waals surface area contributed by atoms with E-state index in [1.807, 2.05) is 0 Å². The van der Waals surface area contributed by atoms with E-state index in [1.54, 1.807) is 4.90 Å². The summed E-state index contributed by atoms with van der Waals surface area (Å²) in [6.07, 6.45) is 6.96. The molecule has 0 amide bonds. The highest BCUT2D eigenvalue weighted by molar-refractivity contribution is 5.58. The van der Waals surface area contributed by atoms with E-state index in [0.717, 1.165) is 63.2 Å².